The van der Waals surface area contributed by atoms with Crippen molar-refractivity contribution in [3.63, 3.8) is 0 Å². The molecule has 0 fully saturated rings. The molecule has 2 aromatic carbocycles. The summed E-state index contributed by atoms with van der Waals surface area (Å²) >= 11 is 0. The summed E-state index contributed by atoms with van der Waals surface area (Å²) in [5.41, 5.74) is 2.07. The zero-order valence-electron chi connectivity index (χ0n) is 14.9. The molecule has 0 amide bonds. The Morgan fingerprint density at radius 2 is 1.84 bits per heavy atom. The molecular formula is C21H23NO2Si. The highest BCUT2D eigenvalue weighted by Crippen LogP contribution is 2.25. The zero-order valence-corrected chi connectivity index (χ0v) is 15.9. The van der Waals surface area contributed by atoms with Crippen LogP contribution in [0.25, 0.3) is 0 Å². The number of hydrogen-bond acceptors (Lipinski definition) is 3. The van der Waals surface area contributed by atoms with Crippen LogP contribution in [-0.2, 0) is 4.74 Å². The Hall–Kier alpha value is -2.46. The van der Waals surface area contributed by atoms with Gasteiger partial charge in [-0.25, -0.2) is 0 Å². The number of methoxy groups -OCH3 is 1. The van der Waals surface area contributed by atoms with Gasteiger partial charge in [-0.15, -0.1) is 0 Å². The summed E-state index contributed by atoms with van der Waals surface area (Å²) in [4.78, 5) is 0. The molecule has 1 unspecified atom stereocenters. The summed E-state index contributed by atoms with van der Waals surface area (Å²) in [6.45, 7) is 4.34. The van der Waals surface area contributed by atoms with Gasteiger partial charge in [-0.2, -0.15) is 0 Å². The summed E-state index contributed by atoms with van der Waals surface area (Å²) in [6.07, 6.45) is 5.97. The fourth-order valence-corrected chi connectivity index (χ4v) is 4.18. The molecule has 128 valence electrons. The van der Waals surface area contributed by atoms with Gasteiger partial charge in [0.1, 0.15) is 5.75 Å². The van der Waals surface area contributed by atoms with Gasteiger partial charge in [-0.1, -0.05) is 47.7 Å². The van der Waals surface area contributed by atoms with E-state index in [0.29, 0.717) is 15.4 Å². The maximum atomic E-state index is 6.36. The Morgan fingerprint density at radius 1 is 1.04 bits per heavy atom. The maximum Gasteiger partial charge on any atom is 0.200 e. The van der Waals surface area contributed by atoms with Crippen LogP contribution >= 0.6 is 0 Å². The van der Waals surface area contributed by atoms with Crippen LogP contribution in [0, 0.1) is 13.8 Å². The van der Waals surface area contributed by atoms with Gasteiger partial charge >= 0.3 is 0 Å². The van der Waals surface area contributed by atoms with Crippen molar-refractivity contribution in [1.82, 2.24) is 5.32 Å². The minimum absolute atomic E-state index is 0.615. The second-order valence-corrected chi connectivity index (χ2v) is 7.37. The lowest BCUT2D eigenvalue weighted by Gasteiger charge is -2.35. The van der Waals surface area contributed by atoms with Crippen LogP contribution < -0.4 is 15.2 Å². The molecule has 3 nitrogen and oxygen atoms in total. The molecule has 1 aliphatic heterocycles. The first-order chi connectivity index (χ1) is 12.1. The van der Waals surface area contributed by atoms with Crippen molar-refractivity contribution in [2.75, 3.05) is 7.11 Å². The lowest BCUT2D eigenvalue weighted by Crippen LogP contribution is -2.51. The number of para-hydroxylation sites is 1. The second kappa shape index (κ2) is 7.62. The van der Waals surface area contributed by atoms with E-state index in [-0.39, 0.29) is 0 Å². The molecule has 1 heterocycles. The molecule has 2 aromatic rings. The van der Waals surface area contributed by atoms with Crippen molar-refractivity contribution in [2.45, 2.75) is 25.6 Å². The summed E-state index contributed by atoms with van der Waals surface area (Å²) in [5.74, 6) is 1.55. The number of aryl methyl sites for hydroxylation is 1. The van der Waals surface area contributed by atoms with Crippen LogP contribution in [0.1, 0.15) is 11.1 Å². The Labute approximate surface area is 152 Å². The van der Waals surface area contributed by atoms with E-state index in [1.54, 1.807) is 7.11 Å². The van der Waals surface area contributed by atoms with Crippen molar-refractivity contribution in [1.29, 1.82) is 0 Å². The number of benzene rings is 2. The number of allylic oxidation sites excluding steroid dienone is 2. The predicted octanol–water partition coefficient (Wildman–Crippen LogP) is 3.47. The first kappa shape index (κ1) is 17.4. The fraction of sp³-hybridized carbons (Fsp3) is 0.238. The van der Waals surface area contributed by atoms with Crippen LogP contribution in [0.15, 0.2) is 72.6 Å². The number of dihydropyridines is 1. The normalized spacial score (nSPS) is 19.1. The molecule has 1 aliphatic rings. The molecule has 3 rings (SSSR count). The Bertz CT molecular complexity index is 786. The monoisotopic (exact) mass is 349 g/mol. The lowest BCUT2D eigenvalue weighted by molar-refractivity contribution is 0.0836. The van der Waals surface area contributed by atoms with Gasteiger partial charge in [-0.3, -0.25) is 0 Å². The Balaban J connectivity index is 1.83. The molecule has 0 aliphatic carbocycles. The van der Waals surface area contributed by atoms with E-state index >= 15 is 0 Å². The summed E-state index contributed by atoms with van der Waals surface area (Å²) in [7, 11) is 2.29. The first-order valence-corrected chi connectivity index (χ1v) is 9.58. The van der Waals surface area contributed by atoms with Crippen LogP contribution in [-0.4, -0.2) is 22.4 Å². The molecule has 4 heteroatoms. The van der Waals surface area contributed by atoms with Crippen molar-refractivity contribution in [3.05, 3.63) is 83.8 Å². The molecule has 0 spiro atoms. The topological polar surface area (TPSA) is 30.5 Å². The van der Waals surface area contributed by atoms with Crippen molar-refractivity contribution in [3.8, 4) is 5.75 Å². The van der Waals surface area contributed by atoms with Crippen molar-refractivity contribution < 1.29 is 9.47 Å². The standard InChI is InChI=1S/C21H23NO2Si/c1-16-9-7-12-19(17(16)2)25-15-21(14-8-13-20(22-21)23-3)24-18-10-5-4-6-11-18/h4-14,22H,15H2,1-3H3. The van der Waals surface area contributed by atoms with Crippen LogP contribution in [0.2, 0.25) is 6.04 Å². The second-order valence-electron chi connectivity index (χ2n) is 6.12. The molecule has 0 saturated heterocycles. The van der Waals surface area contributed by atoms with Gasteiger partial charge in [0.15, 0.2) is 11.6 Å². The minimum Gasteiger partial charge on any atom is -0.482 e. The molecule has 25 heavy (non-hydrogen) atoms. The number of ether oxygens (including phenoxy) is 2. The van der Waals surface area contributed by atoms with E-state index < -0.39 is 5.72 Å². The van der Waals surface area contributed by atoms with Crippen LogP contribution in [0.4, 0.5) is 0 Å². The SMILES string of the molecule is COC1=CC=CC(C[Si]c2cccc(C)c2C)(Oc2ccccc2)N1. The van der Waals surface area contributed by atoms with Gasteiger partial charge in [0.2, 0.25) is 0 Å². The number of hydrogen-bond donors (Lipinski definition) is 1. The molecule has 0 bridgehead atoms. The largest absolute Gasteiger partial charge is 0.482 e. The third-order valence-electron chi connectivity index (χ3n) is 4.36. The van der Waals surface area contributed by atoms with Gasteiger partial charge in [0.25, 0.3) is 0 Å². The van der Waals surface area contributed by atoms with Gasteiger partial charge in [0.05, 0.1) is 16.6 Å². The van der Waals surface area contributed by atoms with E-state index in [2.05, 4.69) is 43.4 Å². The van der Waals surface area contributed by atoms with E-state index in [4.69, 9.17) is 9.47 Å². The van der Waals surface area contributed by atoms with Crippen molar-refractivity contribution in [2.24, 2.45) is 0 Å². The third-order valence-corrected chi connectivity index (χ3v) is 5.98. The van der Waals surface area contributed by atoms with Crippen LogP contribution in [0.5, 0.6) is 5.75 Å². The van der Waals surface area contributed by atoms with E-state index in [0.717, 1.165) is 11.8 Å². The van der Waals surface area contributed by atoms with Gasteiger partial charge in [0, 0.05) is 6.04 Å². The average Bonchev–Trinajstić information content (AvgIpc) is 2.64. The number of nitrogens with one attached hydrogen (secondary N) is 1. The minimum atomic E-state index is -0.615. The van der Waals surface area contributed by atoms with Gasteiger partial charge < -0.3 is 14.8 Å². The highest BCUT2D eigenvalue weighted by Gasteiger charge is 2.32. The molecule has 0 saturated carbocycles. The Kier molecular flexibility index (Phi) is 5.29. The summed E-state index contributed by atoms with van der Waals surface area (Å²) in [5, 5.41) is 4.78. The average molecular weight is 350 g/mol. The molecule has 2 radical (unpaired) electrons. The first-order valence-electron chi connectivity index (χ1n) is 8.38. The maximum absolute atomic E-state index is 6.36. The zero-order chi connectivity index (χ0) is 17.7. The van der Waals surface area contributed by atoms with E-state index in [1.807, 2.05) is 42.5 Å². The summed E-state index contributed by atoms with van der Waals surface area (Å²) < 4.78 is 11.8. The van der Waals surface area contributed by atoms with E-state index in [1.165, 1.54) is 16.3 Å². The summed E-state index contributed by atoms with van der Waals surface area (Å²) in [6, 6.07) is 17.2. The van der Waals surface area contributed by atoms with Gasteiger partial charge in [-0.05, 0) is 49.3 Å². The van der Waals surface area contributed by atoms with E-state index in [9.17, 15) is 0 Å². The lowest BCUT2D eigenvalue weighted by atomic mass is 10.1. The predicted molar refractivity (Wildman–Crippen MR) is 103 cm³/mol. The van der Waals surface area contributed by atoms with Crippen molar-refractivity contribution >= 4 is 14.7 Å². The van der Waals surface area contributed by atoms with Crippen LogP contribution in [0.3, 0.4) is 0 Å². The number of rotatable bonds is 6. The highest BCUT2D eigenvalue weighted by molar-refractivity contribution is 6.54. The molecule has 1 atom stereocenters. The third kappa shape index (κ3) is 4.14. The molecule has 0 aromatic heterocycles. The smallest absolute Gasteiger partial charge is 0.200 e. The fourth-order valence-electron chi connectivity index (χ4n) is 2.77. The highest BCUT2D eigenvalue weighted by atomic mass is 28.2. The molecular weight excluding hydrogens is 326 g/mol. The Morgan fingerprint density at radius 3 is 2.60 bits per heavy atom. The quantitative estimate of drug-likeness (QED) is 0.810. The molecule has 1 N–H and O–H groups in total.